The van der Waals surface area contributed by atoms with Gasteiger partial charge in [-0.2, -0.15) is 0 Å². The Kier molecular flexibility index (Phi) is 7.19. The zero-order chi connectivity index (χ0) is 21.6. The summed E-state index contributed by atoms with van der Waals surface area (Å²) in [5, 5.41) is 9.42. The van der Waals surface area contributed by atoms with Crippen molar-refractivity contribution in [1.82, 2.24) is 4.98 Å². The topological polar surface area (TPSA) is 117 Å². The number of sulfonamides is 1. The quantitative estimate of drug-likeness (QED) is 0.445. The number of nitrogens with one attached hydrogen (secondary N) is 3. The fourth-order valence-electron chi connectivity index (χ4n) is 2.50. The molecule has 11 heteroatoms. The van der Waals surface area contributed by atoms with Crippen LogP contribution in [0, 0.1) is 0 Å². The molecule has 2 aromatic heterocycles. The normalized spacial score (nSPS) is 11.1. The van der Waals surface area contributed by atoms with E-state index in [1.54, 1.807) is 48.7 Å². The molecule has 3 rings (SSSR count). The molecule has 0 aliphatic rings. The average Bonchev–Trinajstić information content (AvgIpc) is 3.35. The van der Waals surface area contributed by atoms with Crippen molar-refractivity contribution >= 4 is 61.0 Å². The standard InChI is InChI=1S/C19H20N4O4S3/c1-2-10-30(26,27)23-14-7-5-13(6-8-14)20-17(24)11-15-12-29-19(21-15)22-18(25)16-4-3-9-28-16/h3-9,12,23H,2,10-11H2,1H3,(H,20,24)(H,21,22,25). The molecule has 0 aliphatic carbocycles. The largest absolute Gasteiger partial charge is 0.326 e. The predicted octanol–water partition coefficient (Wildman–Crippen LogP) is 3.79. The van der Waals surface area contributed by atoms with Crippen molar-refractivity contribution in [3.8, 4) is 0 Å². The Morgan fingerprint density at radius 2 is 1.77 bits per heavy atom. The molecular weight excluding hydrogens is 444 g/mol. The number of amides is 2. The number of rotatable bonds is 9. The molecule has 0 unspecified atom stereocenters. The molecule has 0 radical (unpaired) electrons. The van der Waals surface area contributed by atoms with Gasteiger partial charge >= 0.3 is 0 Å². The lowest BCUT2D eigenvalue weighted by atomic mass is 10.2. The molecule has 0 fully saturated rings. The Labute approximate surface area is 182 Å². The second-order valence-electron chi connectivity index (χ2n) is 6.30. The van der Waals surface area contributed by atoms with Crippen LogP contribution in [-0.4, -0.2) is 31.0 Å². The average molecular weight is 465 g/mol. The van der Waals surface area contributed by atoms with Crippen molar-refractivity contribution in [3.63, 3.8) is 0 Å². The van der Waals surface area contributed by atoms with Crippen molar-refractivity contribution in [1.29, 1.82) is 0 Å². The lowest BCUT2D eigenvalue weighted by Gasteiger charge is -2.08. The van der Waals surface area contributed by atoms with Gasteiger partial charge in [-0.25, -0.2) is 13.4 Å². The maximum absolute atomic E-state index is 12.3. The Hall–Kier alpha value is -2.76. The summed E-state index contributed by atoms with van der Waals surface area (Å²) in [4.78, 5) is 29.2. The van der Waals surface area contributed by atoms with Gasteiger partial charge in [-0.3, -0.25) is 19.6 Å². The van der Waals surface area contributed by atoms with Gasteiger partial charge in [0.1, 0.15) is 0 Å². The molecule has 0 atom stereocenters. The van der Waals surface area contributed by atoms with E-state index in [0.717, 1.165) is 0 Å². The van der Waals surface area contributed by atoms with Crippen LogP contribution in [0.5, 0.6) is 0 Å². The van der Waals surface area contributed by atoms with Gasteiger partial charge in [-0.05, 0) is 42.1 Å². The molecule has 3 N–H and O–H groups in total. The second kappa shape index (κ2) is 9.83. The second-order valence-corrected chi connectivity index (χ2v) is 9.95. The summed E-state index contributed by atoms with van der Waals surface area (Å²) >= 11 is 2.59. The van der Waals surface area contributed by atoms with E-state index in [1.807, 2.05) is 5.38 Å². The molecule has 0 saturated heterocycles. The highest BCUT2D eigenvalue weighted by Gasteiger charge is 2.13. The van der Waals surface area contributed by atoms with Crippen LogP contribution in [0.2, 0.25) is 0 Å². The zero-order valence-electron chi connectivity index (χ0n) is 16.0. The summed E-state index contributed by atoms with van der Waals surface area (Å²) in [6.07, 6.45) is 0.579. The van der Waals surface area contributed by atoms with Gasteiger partial charge in [-0.1, -0.05) is 13.0 Å². The smallest absolute Gasteiger partial charge is 0.267 e. The number of anilines is 3. The third-order valence-corrected chi connectivity index (χ3v) is 6.94. The molecule has 0 spiro atoms. The van der Waals surface area contributed by atoms with E-state index in [2.05, 4.69) is 20.3 Å². The first-order valence-electron chi connectivity index (χ1n) is 9.04. The lowest BCUT2D eigenvalue weighted by Crippen LogP contribution is -2.16. The van der Waals surface area contributed by atoms with Crippen molar-refractivity contribution in [2.75, 3.05) is 21.1 Å². The van der Waals surface area contributed by atoms with Gasteiger partial charge in [0.15, 0.2) is 5.13 Å². The number of thiazole rings is 1. The van der Waals surface area contributed by atoms with E-state index in [1.165, 1.54) is 22.7 Å². The Morgan fingerprint density at radius 3 is 2.43 bits per heavy atom. The van der Waals surface area contributed by atoms with Crippen LogP contribution in [0.3, 0.4) is 0 Å². The SMILES string of the molecule is CCCS(=O)(=O)Nc1ccc(NC(=O)Cc2csc(NC(=O)c3cccs3)n2)cc1. The third kappa shape index (κ3) is 6.37. The van der Waals surface area contributed by atoms with E-state index in [9.17, 15) is 18.0 Å². The van der Waals surface area contributed by atoms with Gasteiger partial charge in [0.25, 0.3) is 5.91 Å². The molecule has 0 bridgehead atoms. The fraction of sp³-hybridized carbons (Fsp3) is 0.211. The van der Waals surface area contributed by atoms with Gasteiger partial charge < -0.3 is 5.32 Å². The molecule has 30 heavy (non-hydrogen) atoms. The van der Waals surface area contributed by atoms with Gasteiger partial charge in [0.2, 0.25) is 15.9 Å². The first kappa shape index (κ1) is 21.9. The van der Waals surface area contributed by atoms with Gasteiger partial charge in [0.05, 0.1) is 22.7 Å². The number of carbonyl (C=O) groups is 2. The summed E-state index contributed by atoms with van der Waals surface area (Å²) < 4.78 is 26.1. The van der Waals surface area contributed by atoms with E-state index in [-0.39, 0.29) is 24.0 Å². The van der Waals surface area contributed by atoms with Crippen LogP contribution < -0.4 is 15.4 Å². The van der Waals surface area contributed by atoms with E-state index < -0.39 is 10.0 Å². The summed E-state index contributed by atoms with van der Waals surface area (Å²) in [5.41, 5.74) is 1.52. The first-order chi connectivity index (χ1) is 14.3. The van der Waals surface area contributed by atoms with E-state index in [0.29, 0.717) is 33.5 Å². The molecular formula is C19H20N4O4S3. The summed E-state index contributed by atoms with van der Waals surface area (Å²) in [7, 11) is -3.36. The molecule has 0 saturated carbocycles. The third-order valence-electron chi connectivity index (χ3n) is 3.77. The van der Waals surface area contributed by atoms with E-state index >= 15 is 0 Å². The molecule has 0 aliphatic heterocycles. The highest BCUT2D eigenvalue weighted by Crippen LogP contribution is 2.19. The van der Waals surface area contributed by atoms with Crippen LogP contribution >= 0.6 is 22.7 Å². The van der Waals surface area contributed by atoms with Crippen LogP contribution in [0.25, 0.3) is 0 Å². The monoisotopic (exact) mass is 464 g/mol. The first-order valence-corrected chi connectivity index (χ1v) is 12.5. The lowest BCUT2D eigenvalue weighted by molar-refractivity contribution is -0.115. The van der Waals surface area contributed by atoms with Crippen LogP contribution in [0.1, 0.15) is 28.7 Å². The zero-order valence-corrected chi connectivity index (χ0v) is 18.5. The number of aromatic nitrogens is 1. The summed E-state index contributed by atoms with van der Waals surface area (Å²) in [5.74, 6) is -0.449. The van der Waals surface area contributed by atoms with Crippen LogP contribution in [-0.2, 0) is 21.2 Å². The highest BCUT2D eigenvalue weighted by atomic mass is 32.2. The van der Waals surface area contributed by atoms with Crippen LogP contribution in [0.15, 0.2) is 47.2 Å². The van der Waals surface area contributed by atoms with Gasteiger partial charge in [-0.15, -0.1) is 22.7 Å². The maximum atomic E-state index is 12.3. The van der Waals surface area contributed by atoms with Crippen LogP contribution in [0.4, 0.5) is 16.5 Å². The maximum Gasteiger partial charge on any atom is 0.267 e. The number of hydrogen-bond acceptors (Lipinski definition) is 7. The highest BCUT2D eigenvalue weighted by molar-refractivity contribution is 7.92. The number of thiophene rings is 1. The molecule has 2 amide bonds. The number of carbonyl (C=O) groups excluding carboxylic acids is 2. The summed E-state index contributed by atoms with van der Waals surface area (Å²) in [6.45, 7) is 1.79. The summed E-state index contributed by atoms with van der Waals surface area (Å²) in [6, 6.07) is 9.94. The molecule has 2 heterocycles. The van der Waals surface area contributed by atoms with Gasteiger partial charge in [0, 0.05) is 16.8 Å². The minimum Gasteiger partial charge on any atom is -0.326 e. The van der Waals surface area contributed by atoms with E-state index in [4.69, 9.17) is 0 Å². The Balaban J connectivity index is 1.52. The molecule has 8 nitrogen and oxygen atoms in total. The molecule has 1 aromatic carbocycles. The minimum atomic E-state index is -3.36. The Bertz CT molecular complexity index is 1110. The fourth-order valence-corrected chi connectivity index (χ4v) is 4.96. The Morgan fingerprint density at radius 1 is 1.03 bits per heavy atom. The minimum absolute atomic E-state index is 0.0505. The molecule has 3 aromatic rings. The van der Waals surface area contributed by atoms with Crippen molar-refractivity contribution in [2.45, 2.75) is 19.8 Å². The number of benzene rings is 1. The van der Waals surface area contributed by atoms with Crippen molar-refractivity contribution < 1.29 is 18.0 Å². The number of hydrogen-bond donors (Lipinski definition) is 3. The van der Waals surface area contributed by atoms with Crippen molar-refractivity contribution in [2.24, 2.45) is 0 Å². The number of nitrogens with zero attached hydrogens (tertiary/aromatic N) is 1. The predicted molar refractivity (Wildman–Crippen MR) is 121 cm³/mol. The molecule has 158 valence electrons. The van der Waals surface area contributed by atoms with Crippen molar-refractivity contribution in [3.05, 3.63) is 57.7 Å².